The first-order valence-corrected chi connectivity index (χ1v) is 13.0. The van der Waals surface area contributed by atoms with Gasteiger partial charge in [-0.3, -0.25) is 14.7 Å². The zero-order chi connectivity index (χ0) is 29.4. The molecule has 3 aromatic carbocycles. The molecule has 210 valence electrons. The number of carboxylic acid groups (broad SMARTS) is 1. The monoisotopic (exact) mass is 552 g/mol. The van der Waals surface area contributed by atoms with Gasteiger partial charge in [0.2, 0.25) is 0 Å². The zero-order valence-corrected chi connectivity index (χ0v) is 23.1. The predicted octanol–water partition coefficient (Wildman–Crippen LogP) is 6.71. The maximum atomic E-state index is 13.3. The lowest BCUT2D eigenvalue weighted by Crippen LogP contribution is -2.45. The van der Waals surface area contributed by atoms with Crippen molar-refractivity contribution in [2.24, 2.45) is 0 Å². The van der Waals surface area contributed by atoms with Gasteiger partial charge in [-0.1, -0.05) is 54.6 Å². The van der Waals surface area contributed by atoms with Gasteiger partial charge >= 0.3 is 12.2 Å². The minimum atomic E-state index is -1.13. The lowest BCUT2D eigenvalue weighted by atomic mass is 10.0. The van der Waals surface area contributed by atoms with Gasteiger partial charge in [-0.15, -0.1) is 0 Å². The number of anilines is 2. The SMILES string of the molecule is CC(C)(C)N(C(=O)O)c1ccc(-c2ccccc2)cc1NC(=O)c1ccc(CNC(=O)OCc2cccnc2)cc1. The third kappa shape index (κ3) is 7.69. The first-order chi connectivity index (χ1) is 19.6. The highest BCUT2D eigenvalue weighted by molar-refractivity contribution is 6.07. The smallest absolute Gasteiger partial charge is 0.412 e. The van der Waals surface area contributed by atoms with Crippen molar-refractivity contribution in [3.8, 4) is 11.1 Å². The highest BCUT2D eigenvalue weighted by Gasteiger charge is 2.30. The Bertz CT molecular complexity index is 1500. The van der Waals surface area contributed by atoms with Crippen LogP contribution in [0.1, 0.15) is 42.3 Å². The van der Waals surface area contributed by atoms with Crippen LogP contribution in [-0.4, -0.2) is 33.7 Å². The summed E-state index contributed by atoms with van der Waals surface area (Å²) in [6, 6.07) is 25.3. The number of ether oxygens (including phenoxy) is 1. The Morgan fingerprint density at radius 1 is 0.878 bits per heavy atom. The molecule has 9 heteroatoms. The second kappa shape index (κ2) is 12.8. The normalized spacial score (nSPS) is 10.9. The Labute approximate surface area is 238 Å². The molecule has 0 fully saturated rings. The predicted molar refractivity (Wildman–Crippen MR) is 158 cm³/mol. The minimum Gasteiger partial charge on any atom is -0.465 e. The van der Waals surface area contributed by atoms with Gasteiger partial charge < -0.3 is 20.5 Å². The van der Waals surface area contributed by atoms with Crippen molar-refractivity contribution in [1.29, 1.82) is 0 Å². The van der Waals surface area contributed by atoms with Crippen molar-refractivity contribution in [3.63, 3.8) is 0 Å². The van der Waals surface area contributed by atoms with E-state index in [4.69, 9.17) is 4.74 Å². The van der Waals surface area contributed by atoms with E-state index < -0.39 is 23.6 Å². The van der Waals surface area contributed by atoms with Crippen molar-refractivity contribution in [1.82, 2.24) is 10.3 Å². The summed E-state index contributed by atoms with van der Waals surface area (Å²) in [5.74, 6) is -0.397. The second-order valence-electron chi connectivity index (χ2n) is 10.3. The zero-order valence-electron chi connectivity index (χ0n) is 23.1. The number of nitrogens with one attached hydrogen (secondary N) is 2. The molecule has 1 heterocycles. The van der Waals surface area contributed by atoms with Crippen LogP contribution < -0.4 is 15.5 Å². The molecule has 0 aliphatic carbocycles. The summed E-state index contributed by atoms with van der Waals surface area (Å²) < 4.78 is 5.19. The minimum absolute atomic E-state index is 0.112. The van der Waals surface area contributed by atoms with E-state index in [1.165, 1.54) is 4.90 Å². The van der Waals surface area contributed by atoms with Crippen LogP contribution in [0.5, 0.6) is 0 Å². The average Bonchev–Trinajstić information content (AvgIpc) is 2.96. The van der Waals surface area contributed by atoms with E-state index in [1.54, 1.807) is 75.6 Å². The largest absolute Gasteiger partial charge is 0.465 e. The number of aromatic nitrogens is 1. The van der Waals surface area contributed by atoms with Crippen molar-refractivity contribution < 1.29 is 24.2 Å². The fraction of sp³-hybridized carbons (Fsp3) is 0.188. The fourth-order valence-corrected chi connectivity index (χ4v) is 4.22. The molecular formula is C32H32N4O5. The number of benzene rings is 3. The van der Waals surface area contributed by atoms with Crippen LogP contribution in [-0.2, 0) is 17.9 Å². The fourth-order valence-electron chi connectivity index (χ4n) is 4.22. The van der Waals surface area contributed by atoms with Crippen molar-refractivity contribution >= 4 is 29.5 Å². The Balaban J connectivity index is 1.48. The van der Waals surface area contributed by atoms with Crippen LogP contribution >= 0.6 is 0 Å². The lowest BCUT2D eigenvalue weighted by molar-refractivity contribution is 0.102. The van der Waals surface area contributed by atoms with E-state index in [0.29, 0.717) is 16.9 Å². The molecule has 0 spiro atoms. The molecule has 4 rings (SSSR count). The molecule has 0 saturated carbocycles. The molecule has 0 aliphatic rings. The van der Waals surface area contributed by atoms with Crippen molar-refractivity contribution in [3.05, 3.63) is 114 Å². The Morgan fingerprint density at radius 3 is 2.24 bits per heavy atom. The molecule has 0 bridgehead atoms. The number of carbonyl (C=O) groups is 3. The topological polar surface area (TPSA) is 121 Å². The number of hydrogen-bond donors (Lipinski definition) is 3. The quantitative estimate of drug-likeness (QED) is 0.223. The van der Waals surface area contributed by atoms with E-state index in [0.717, 1.165) is 22.3 Å². The summed E-state index contributed by atoms with van der Waals surface area (Å²) in [4.78, 5) is 42.8. The first kappa shape index (κ1) is 28.8. The lowest BCUT2D eigenvalue weighted by Gasteiger charge is -2.34. The summed E-state index contributed by atoms with van der Waals surface area (Å²) in [5, 5.41) is 15.6. The highest BCUT2D eigenvalue weighted by atomic mass is 16.5. The van der Waals surface area contributed by atoms with Crippen LogP contribution in [0.4, 0.5) is 21.0 Å². The van der Waals surface area contributed by atoms with E-state index in [-0.39, 0.29) is 13.2 Å². The van der Waals surface area contributed by atoms with Gasteiger partial charge in [0.25, 0.3) is 5.91 Å². The van der Waals surface area contributed by atoms with Gasteiger partial charge in [0.05, 0.1) is 11.4 Å². The molecule has 4 aromatic rings. The van der Waals surface area contributed by atoms with Crippen LogP contribution in [0.25, 0.3) is 11.1 Å². The van der Waals surface area contributed by atoms with Crippen LogP contribution in [0, 0.1) is 0 Å². The van der Waals surface area contributed by atoms with E-state index in [9.17, 15) is 19.5 Å². The molecule has 0 saturated heterocycles. The van der Waals surface area contributed by atoms with Crippen molar-refractivity contribution in [2.75, 3.05) is 10.2 Å². The van der Waals surface area contributed by atoms with Gasteiger partial charge in [-0.2, -0.15) is 0 Å². The summed E-state index contributed by atoms with van der Waals surface area (Å²) in [6.07, 6.45) is 1.57. The molecule has 0 radical (unpaired) electrons. The second-order valence-corrected chi connectivity index (χ2v) is 10.3. The number of alkyl carbamates (subject to hydrolysis) is 1. The number of amides is 3. The number of hydrogen-bond acceptors (Lipinski definition) is 5. The maximum absolute atomic E-state index is 13.3. The first-order valence-electron chi connectivity index (χ1n) is 13.0. The standard InChI is InChI=1S/C32H32N4O5/c1-32(2,3)36(31(39)40)28-16-15-26(24-9-5-4-6-10-24)18-27(28)35-29(37)25-13-11-22(12-14-25)20-34-30(38)41-21-23-8-7-17-33-19-23/h4-19H,20-21H2,1-3H3,(H,34,38)(H,35,37)(H,39,40). The van der Waals surface area contributed by atoms with Crippen LogP contribution in [0.15, 0.2) is 97.3 Å². The number of rotatable bonds is 8. The van der Waals surface area contributed by atoms with Gasteiger partial charge in [0.1, 0.15) is 6.61 Å². The summed E-state index contributed by atoms with van der Waals surface area (Å²) in [7, 11) is 0. The summed E-state index contributed by atoms with van der Waals surface area (Å²) in [5.41, 5.74) is 3.68. The molecular weight excluding hydrogens is 520 g/mol. The Hall–Kier alpha value is -5.18. The summed E-state index contributed by atoms with van der Waals surface area (Å²) in [6.45, 7) is 5.70. The molecule has 3 N–H and O–H groups in total. The van der Waals surface area contributed by atoms with Crippen LogP contribution in [0.2, 0.25) is 0 Å². The molecule has 0 aliphatic heterocycles. The van der Waals surface area contributed by atoms with Crippen molar-refractivity contribution in [2.45, 2.75) is 39.5 Å². The van der Waals surface area contributed by atoms with Gasteiger partial charge in [-0.25, -0.2) is 9.59 Å². The Kier molecular flexibility index (Phi) is 8.98. The third-order valence-corrected chi connectivity index (χ3v) is 6.20. The molecule has 1 aromatic heterocycles. The summed E-state index contributed by atoms with van der Waals surface area (Å²) >= 11 is 0. The third-order valence-electron chi connectivity index (χ3n) is 6.20. The molecule has 9 nitrogen and oxygen atoms in total. The van der Waals surface area contributed by atoms with Gasteiger partial charge in [0, 0.05) is 35.6 Å². The van der Waals surface area contributed by atoms with E-state index >= 15 is 0 Å². The molecule has 0 unspecified atom stereocenters. The molecule has 41 heavy (non-hydrogen) atoms. The van der Waals surface area contributed by atoms with Crippen LogP contribution in [0.3, 0.4) is 0 Å². The highest BCUT2D eigenvalue weighted by Crippen LogP contribution is 2.35. The number of nitrogens with zero attached hydrogens (tertiary/aromatic N) is 2. The van der Waals surface area contributed by atoms with E-state index in [2.05, 4.69) is 15.6 Å². The number of carbonyl (C=O) groups excluding carboxylic acids is 2. The van der Waals surface area contributed by atoms with E-state index in [1.807, 2.05) is 42.5 Å². The van der Waals surface area contributed by atoms with Gasteiger partial charge in [-0.05, 0) is 67.8 Å². The Morgan fingerprint density at radius 2 is 1.61 bits per heavy atom. The maximum Gasteiger partial charge on any atom is 0.412 e. The molecule has 0 atom stereocenters. The van der Waals surface area contributed by atoms with Gasteiger partial charge in [0.15, 0.2) is 0 Å². The average molecular weight is 553 g/mol. The molecule has 3 amide bonds. The number of pyridine rings is 1.